The third-order valence-electron chi connectivity index (χ3n) is 33.1. The first-order valence-corrected chi connectivity index (χ1v) is 37.3. The average molecular weight is 1170 g/mol. The number of aliphatic hydroxyl groups excluding tert-OH is 1. The molecule has 11 fully saturated rings. The number of aryl methyl sites for hydroxylation is 1. The van der Waals surface area contributed by atoms with Gasteiger partial charge in [-0.3, -0.25) is 9.69 Å². The summed E-state index contributed by atoms with van der Waals surface area (Å²) in [6.07, 6.45) is 47.5. The molecule has 12 aliphatic carbocycles. The van der Waals surface area contributed by atoms with E-state index in [1.807, 2.05) is 0 Å². The SMILES string of the molecule is C[C@@H]1CC2=C3[C@H]4C5=C6[C@@H](/C=C\[C@@H]([C@H]7CCC[C@]8(CCCC89CCCC9)C7)C[C@H]7[C@]68C(=O)O/C(=C(\O)C[C@@H]6[C@@H]9CC%10(CCCC%10)[C@@]%10(CCC[C@@]%10%11CCC[C@H]%11C#CC[C@H]%10[C@@H]%11C[C@H](CN6%10)[C@@H](CC2)N3C%11)C9)[C@@]8(CC5)[C@]72OC(=O)c3c(CCCN)cccc32)C[C@H]41. The monoisotopic (exact) mass is 1170 g/mol. The van der Waals surface area contributed by atoms with Gasteiger partial charge in [-0.2, -0.15) is 0 Å². The Kier molecular flexibility index (Phi) is 11.3. The van der Waals surface area contributed by atoms with Crippen molar-refractivity contribution in [1.29, 1.82) is 0 Å². The number of carbonyl (C=O) groups excluding carboxylic acids is 2. The van der Waals surface area contributed by atoms with Gasteiger partial charge in [0.05, 0.1) is 11.0 Å². The number of carbonyl (C=O) groups is 2. The summed E-state index contributed by atoms with van der Waals surface area (Å²) in [7, 11) is 0. The van der Waals surface area contributed by atoms with Crippen molar-refractivity contribution >= 4 is 11.9 Å². The fourth-order valence-corrected chi connectivity index (χ4v) is 30.8. The van der Waals surface area contributed by atoms with Gasteiger partial charge in [0.2, 0.25) is 0 Å². The van der Waals surface area contributed by atoms with Crippen LogP contribution in [0.1, 0.15) is 247 Å². The number of ether oxygens (including phenoxy) is 2. The number of benzene rings is 1. The van der Waals surface area contributed by atoms with Crippen molar-refractivity contribution in [2.75, 3.05) is 19.6 Å². The molecule has 10 bridgehead atoms. The zero-order valence-electron chi connectivity index (χ0n) is 52.9. The van der Waals surface area contributed by atoms with Gasteiger partial charge in [0.1, 0.15) is 11.2 Å². The Labute approximate surface area is 519 Å². The number of esters is 2. The van der Waals surface area contributed by atoms with Gasteiger partial charge >= 0.3 is 11.9 Å². The predicted octanol–water partition coefficient (Wildman–Crippen LogP) is 15.9. The molecule has 8 saturated carbocycles. The molecule has 8 spiro atoms. The summed E-state index contributed by atoms with van der Waals surface area (Å²) < 4.78 is 15.3. The number of nitrogens with zero attached hydrogens (tertiary/aromatic N) is 2. The molecule has 7 aliphatic heterocycles. The van der Waals surface area contributed by atoms with Gasteiger partial charge in [-0.25, -0.2) is 4.79 Å². The Morgan fingerprint density at radius 2 is 1.52 bits per heavy atom. The summed E-state index contributed by atoms with van der Waals surface area (Å²) in [6, 6.07) is 7.53. The Balaban J connectivity index is 0.836. The van der Waals surface area contributed by atoms with Crippen LogP contribution in [0.15, 0.2) is 64.3 Å². The van der Waals surface area contributed by atoms with E-state index in [4.69, 9.17) is 15.2 Å². The number of nitrogens with two attached hydrogens (primary N) is 1. The van der Waals surface area contributed by atoms with Gasteiger partial charge in [0.25, 0.3) is 0 Å². The molecule has 8 heteroatoms. The third-order valence-corrected chi connectivity index (χ3v) is 33.1. The molecule has 7 heterocycles. The van der Waals surface area contributed by atoms with Crippen molar-refractivity contribution in [1.82, 2.24) is 9.80 Å². The molecule has 0 unspecified atom stereocenters. The maximum atomic E-state index is 17.2. The highest BCUT2D eigenvalue weighted by molar-refractivity contribution is 6.00. The van der Waals surface area contributed by atoms with Crippen LogP contribution in [0.4, 0.5) is 0 Å². The second kappa shape index (κ2) is 18.3. The minimum atomic E-state index is -1.18. The van der Waals surface area contributed by atoms with Crippen molar-refractivity contribution in [3.63, 3.8) is 0 Å². The van der Waals surface area contributed by atoms with Crippen LogP contribution in [-0.2, 0) is 26.3 Å². The number of fused-ring (bicyclic) bond motifs is 9. The molecule has 1 aromatic rings. The zero-order valence-corrected chi connectivity index (χ0v) is 52.9. The third kappa shape index (κ3) is 6.24. The topological polar surface area (TPSA) is 105 Å². The lowest BCUT2D eigenvalue weighted by Crippen LogP contribution is -2.78. The second-order valence-corrected chi connectivity index (χ2v) is 34.9. The minimum Gasteiger partial charge on any atom is -0.509 e. The van der Waals surface area contributed by atoms with E-state index in [-0.39, 0.29) is 47.1 Å². The molecule has 20 atom stereocenters. The van der Waals surface area contributed by atoms with Crippen LogP contribution in [0, 0.1) is 115 Å². The maximum absolute atomic E-state index is 17.2. The van der Waals surface area contributed by atoms with Crippen LogP contribution >= 0.6 is 0 Å². The molecule has 462 valence electrons. The molecular formula is C79H101N3O5. The van der Waals surface area contributed by atoms with Gasteiger partial charge in [0, 0.05) is 73.1 Å². The van der Waals surface area contributed by atoms with Crippen molar-refractivity contribution in [2.24, 2.45) is 109 Å². The Morgan fingerprint density at radius 3 is 2.39 bits per heavy atom. The highest BCUT2D eigenvalue weighted by Gasteiger charge is 2.94. The van der Waals surface area contributed by atoms with E-state index < -0.39 is 16.4 Å². The highest BCUT2D eigenvalue weighted by Crippen LogP contribution is 2.89. The van der Waals surface area contributed by atoms with Gasteiger partial charge < -0.3 is 25.2 Å². The normalized spacial score (nSPS) is 50.4. The second-order valence-electron chi connectivity index (χ2n) is 34.9. The molecule has 87 heavy (non-hydrogen) atoms. The minimum absolute atomic E-state index is 0.0830. The zero-order chi connectivity index (χ0) is 57.8. The molecule has 0 aromatic heterocycles. The van der Waals surface area contributed by atoms with Gasteiger partial charge in [-0.05, 0) is 253 Å². The molecule has 20 rings (SSSR count). The van der Waals surface area contributed by atoms with E-state index in [0.717, 1.165) is 61.9 Å². The summed E-state index contributed by atoms with van der Waals surface area (Å²) >= 11 is 0. The fourth-order valence-electron chi connectivity index (χ4n) is 30.8. The van der Waals surface area contributed by atoms with Crippen molar-refractivity contribution in [2.45, 2.75) is 255 Å². The van der Waals surface area contributed by atoms with Crippen LogP contribution < -0.4 is 5.73 Å². The molecule has 8 nitrogen and oxygen atoms in total. The van der Waals surface area contributed by atoms with E-state index >= 15 is 9.59 Å². The molecule has 0 amide bonds. The molecule has 1 aromatic carbocycles. The van der Waals surface area contributed by atoms with Gasteiger partial charge in [-0.1, -0.05) is 106 Å². The first kappa shape index (κ1) is 53.8. The van der Waals surface area contributed by atoms with Crippen LogP contribution in [0.2, 0.25) is 0 Å². The van der Waals surface area contributed by atoms with E-state index in [2.05, 4.69) is 58.9 Å². The number of hydrogen-bond acceptors (Lipinski definition) is 8. The lowest BCUT2D eigenvalue weighted by Gasteiger charge is -2.73. The average Bonchev–Trinajstić information content (AvgIpc) is 1.56. The van der Waals surface area contributed by atoms with E-state index in [0.29, 0.717) is 112 Å². The number of allylic oxidation sites excluding steroid dienone is 4. The fraction of sp³-hybridized carbons (Fsp3) is 0.772. The standard InChI is InChI=1S/C79H101N3O5/c1-47-37-51-22-23-61-53-38-54-46-82(61)68(51)66-57-24-35-77-69(63(83)41-62-55-43-74(27-4-5-28-74)76(44-55)34-12-33-75(76)32-9-17-56(75)16-7-19-60(54)81(62)45-53)86-71(85)78(77)64(79(77)59-18-6-13-48(15-10-36-80)65(59)70(84)87-79)40-49(20-21-50(67(57)78)39-58(47)66)52-14-8-29-73(42-52)31-11-30-72(73)25-2-3-26-72/h6,13,18,20-21,47,49-50,52-56,58,60-62,64,66,83H,2-5,8-12,14-15,17,19,22-46,80H2,1H3/b21-20-,69-63-/t47-,49-,50+,52+,53-,54-,55-,56-,58+,60+,61-,62-,64+,66+,73+,75-,76-,77-,78-,79-/m1/s1. The van der Waals surface area contributed by atoms with Crippen LogP contribution in [0.5, 0.6) is 0 Å². The van der Waals surface area contributed by atoms with Crippen molar-refractivity contribution in [3.05, 3.63) is 81.0 Å². The molecule has 19 aliphatic rings. The van der Waals surface area contributed by atoms with Crippen molar-refractivity contribution in [3.8, 4) is 11.8 Å². The smallest absolute Gasteiger partial charge is 0.339 e. The first-order chi connectivity index (χ1) is 42.5. The highest BCUT2D eigenvalue weighted by atomic mass is 16.6. The lowest BCUT2D eigenvalue weighted by molar-refractivity contribution is -0.282. The largest absolute Gasteiger partial charge is 0.509 e. The maximum Gasteiger partial charge on any atom is 0.339 e. The quantitative estimate of drug-likeness (QED) is 0.175. The summed E-state index contributed by atoms with van der Waals surface area (Å²) in [5.74, 6) is 12.7. The van der Waals surface area contributed by atoms with E-state index in [1.54, 1.807) is 16.8 Å². The first-order valence-electron chi connectivity index (χ1n) is 37.3. The Bertz CT molecular complexity index is 3370. The van der Waals surface area contributed by atoms with Crippen molar-refractivity contribution < 1.29 is 24.2 Å². The van der Waals surface area contributed by atoms with Crippen LogP contribution in [-0.4, -0.2) is 64.6 Å². The lowest BCUT2D eigenvalue weighted by atomic mass is 9.27. The Hall–Kier alpha value is -3.80. The van der Waals surface area contributed by atoms with Crippen LogP contribution in [0.25, 0.3) is 0 Å². The predicted molar refractivity (Wildman–Crippen MR) is 336 cm³/mol. The number of hydrogen-bond donors (Lipinski definition) is 2. The number of piperidine rings is 2. The summed E-state index contributed by atoms with van der Waals surface area (Å²) in [5.41, 5.74) is 13.9. The van der Waals surface area contributed by atoms with Crippen LogP contribution in [0.3, 0.4) is 0 Å². The molecule has 3 saturated heterocycles. The number of aliphatic hydroxyl groups is 1. The van der Waals surface area contributed by atoms with Gasteiger partial charge in [-0.15, -0.1) is 5.92 Å². The molecular weight excluding hydrogens is 1070 g/mol. The van der Waals surface area contributed by atoms with Gasteiger partial charge in [0.15, 0.2) is 11.4 Å². The Morgan fingerprint density at radius 1 is 0.736 bits per heavy atom. The van der Waals surface area contributed by atoms with E-state index in [9.17, 15) is 5.11 Å². The van der Waals surface area contributed by atoms with E-state index in [1.165, 1.54) is 179 Å². The summed E-state index contributed by atoms with van der Waals surface area (Å²) in [6.45, 7) is 5.35. The molecule has 3 N–H and O–H groups in total. The summed E-state index contributed by atoms with van der Waals surface area (Å²) in [4.78, 5) is 39.2. The molecule has 0 radical (unpaired) electrons. The summed E-state index contributed by atoms with van der Waals surface area (Å²) in [5, 5.41) is 14.5. The number of rotatable bonds is 4.